The first-order chi connectivity index (χ1) is 11.3. The van der Waals surface area contributed by atoms with E-state index in [2.05, 4.69) is 17.4 Å². The first kappa shape index (κ1) is 17.3. The van der Waals surface area contributed by atoms with Crippen LogP contribution in [0.3, 0.4) is 0 Å². The normalized spacial score (nSPS) is 10.6. The molecule has 0 saturated heterocycles. The van der Waals surface area contributed by atoms with Crippen molar-refractivity contribution in [1.29, 1.82) is 0 Å². The molecule has 2 rings (SSSR count). The van der Waals surface area contributed by atoms with E-state index in [0.29, 0.717) is 0 Å². The molecule has 2 aromatic rings. The van der Waals surface area contributed by atoms with Crippen LogP contribution in [-0.2, 0) is 11.3 Å². The quantitative estimate of drug-likeness (QED) is 0.719. The lowest BCUT2D eigenvalue weighted by Crippen LogP contribution is -2.16. The van der Waals surface area contributed by atoms with Crippen LogP contribution in [-0.4, -0.2) is 34.5 Å². The molecule has 4 heteroatoms. The Hall–Kier alpha value is -2.04. The average molecular weight is 315 g/mol. The van der Waals surface area contributed by atoms with E-state index in [1.807, 2.05) is 30.3 Å². The molecule has 0 heterocycles. The lowest BCUT2D eigenvalue weighted by Gasteiger charge is -2.16. The molecule has 0 atom stereocenters. The Kier molecular flexibility index (Phi) is 6.91. The summed E-state index contributed by atoms with van der Waals surface area (Å²) in [5, 5.41) is 3.46. The Morgan fingerprint density at radius 1 is 0.913 bits per heavy atom. The lowest BCUT2D eigenvalue weighted by molar-refractivity contribution is 0.194. The van der Waals surface area contributed by atoms with Gasteiger partial charge < -0.3 is 19.5 Å². The molecule has 0 spiro atoms. The molecule has 1 N–H and O–H groups in total. The summed E-state index contributed by atoms with van der Waals surface area (Å²) in [7, 11) is 5.05. The molecule has 0 saturated carbocycles. The van der Waals surface area contributed by atoms with Crippen LogP contribution >= 0.6 is 0 Å². The molecule has 0 unspecified atom stereocenters. The van der Waals surface area contributed by atoms with E-state index in [9.17, 15) is 0 Å². The number of methoxy groups -OCH3 is 3. The van der Waals surface area contributed by atoms with Gasteiger partial charge in [0, 0.05) is 20.3 Å². The third kappa shape index (κ3) is 4.71. The number of hydrogen-bond acceptors (Lipinski definition) is 4. The van der Waals surface area contributed by atoms with Crippen LogP contribution in [0.5, 0.6) is 11.5 Å². The average Bonchev–Trinajstić information content (AvgIpc) is 2.61. The van der Waals surface area contributed by atoms with Gasteiger partial charge in [-0.15, -0.1) is 0 Å². The first-order valence-electron chi connectivity index (χ1n) is 7.80. The van der Waals surface area contributed by atoms with Crippen LogP contribution < -0.4 is 14.8 Å². The molecular weight excluding hydrogens is 290 g/mol. The summed E-state index contributed by atoms with van der Waals surface area (Å²) in [6, 6.07) is 14.4. The molecule has 0 aliphatic heterocycles. The minimum atomic E-state index is 0.745. The van der Waals surface area contributed by atoms with Gasteiger partial charge in [0.15, 0.2) is 11.5 Å². The van der Waals surface area contributed by atoms with Gasteiger partial charge in [0.25, 0.3) is 0 Å². The van der Waals surface area contributed by atoms with Crippen molar-refractivity contribution in [2.45, 2.75) is 13.0 Å². The zero-order chi connectivity index (χ0) is 16.5. The molecule has 4 nitrogen and oxygen atoms in total. The molecule has 0 fully saturated rings. The minimum absolute atomic E-state index is 0.745. The highest BCUT2D eigenvalue weighted by Gasteiger charge is 2.12. The van der Waals surface area contributed by atoms with E-state index < -0.39 is 0 Å². The third-order valence-electron chi connectivity index (χ3n) is 3.71. The van der Waals surface area contributed by atoms with Crippen molar-refractivity contribution in [1.82, 2.24) is 5.32 Å². The first-order valence-corrected chi connectivity index (χ1v) is 7.80. The van der Waals surface area contributed by atoms with Crippen LogP contribution in [0.25, 0.3) is 11.1 Å². The van der Waals surface area contributed by atoms with Crippen LogP contribution in [0.15, 0.2) is 42.5 Å². The van der Waals surface area contributed by atoms with Crippen molar-refractivity contribution < 1.29 is 14.2 Å². The number of hydrogen-bond donors (Lipinski definition) is 1. The van der Waals surface area contributed by atoms with Crippen molar-refractivity contribution >= 4 is 0 Å². The highest BCUT2D eigenvalue weighted by atomic mass is 16.5. The van der Waals surface area contributed by atoms with Gasteiger partial charge in [0.05, 0.1) is 14.2 Å². The van der Waals surface area contributed by atoms with Crippen molar-refractivity contribution in [3.63, 3.8) is 0 Å². The van der Waals surface area contributed by atoms with E-state index in [1.54, 1.807) is 21.3 Å². The van der Waals surface area contributed by atoms with Crippen molar-refractivity contribution in [2.24, 2.45) is 0 Å². The Morgan fingerprint density at radius 3 is 2.26 bits per heavy atom. The third-order valence-corrected chi connectivity index (χ3v) is 3.71. The largest absolute Gasteiger partial charge is 0.493 e. The summed E-state index contributed by atoms with van der Waals surface area (Å²) >= 11 is 0. The zero-order valence-electron chi connectivity index (χ0n) is 14.1. The highest BCUT2D eigenvalue weighted by Crippen LogP contribution is 2.35. The summed E-state index contributed by atoms with van der Waals surface area (Å²) in [5.74, 6) is 1.50. The Morgan fingerprint density at radius 2 is 1.61 bits per heavy atom. The summed E-state index contributed by atoms with van der Waals surface area (Å²) in [4.78, 5) is 0. The van der Waals surface area contributed by atoms with Gasteiger partial charge >= 0.3 is 0 Å². The maximum atomic E-state index is 5.45. The van der Waals surface area contributed by atoms with Crippen molar-refractivity contribution in [3.05, 3.63) is 48.0 Å². The van der Waals surface area contributed by atoms with Crippen molar-refractivity contribution in [2.75, 3.05) is 34.5 Å². The molecule has 23 heavy (non-hydrogen) atoms. The second-order valence-electron chi connectivity index (χ2n) is 5.25. The summed E-state index contributed by atoms with van der Waals surface area (Å²) < 4.78 is 16.0. The van der Waals surface area contributed by atoms with Gasteiger partial charge in [-0.2, -0.15) is 0 Å². The fourth-order valence-corrected chi connectivity index (χ4v) is 2.52. The fourth-order valence-electron chi connectivity index (χ4n) is 2.52. The van der Waals surface area contributed by atoms with Gasteiger partial charge in [-0.25, -0.2) is 0 Å². The van der Waals surface area contributed by atoms with Gasteiger partial charge in [0.1, 0.15) is 0 Å². The molecule has 124 valence electrons. The number of rotatable bonds is 9. The number of ether oxygens (including phenoxy) is 3. The van der Waals surface area contributed by atoms with E-state index in [-0.39, 0.29) is 0 Å². The smallest absolute Gasteiger partial charge is 0.161 e. The second kappa shape index (κ2) is 9.18. The molecule has 0 radical (unpaired) electrons. The number of benzene rings is 2. The monoisotopic (exact) mass is 315 g/mol. The number of nitrogens with one attached hydrogen (secondary N) is 1. The summed E-state index contributed by atoms with van der Waals surface area (Å²) in [6.07, 6.45) is 0.991. The summed E-state index contributed by atoms with van der Waals surface area (Å²) in [5.41, 5.74) is 3.51. The zero-order valence-corrected chi connectivity index (χ0v) is 14.1. The summed E-state index contributed by atoms with van der Waals surface area (Å²) in [6.45, 7) is 2.45. The van der Waals surface area contributed by atoms with Gasteiger partial charge in [-0.3, -0.25) is 0 Å². The Labute approximate surface area is 138 Å². The van der Waals surface area contributed by atoms with Crippen LogP contribution in [0.1, 0.15) is 12.0 Å². The molecule has 0 amide bonds. The van der Waals surface area contributed by atoms with E-state index in [1.165, 1.54) is 11.1 Å². The van der Waals surface area contributed by atoms with Crippen molar-refractivity contribution in [3.8, 4) is 22.6 Å². The predicted molar refractivity (Wildman–Crippen MR) is 93.2 cm³/mol. The van der Waals surface area contributed by atoms with E-state index in [0.717, 1.165) is 43.2 Å². The minimum Gasteiger partial charge on any atom is -0.493 e. The second-order valence-corrected chi connectivity index (χ2v) is 5.25. The van der Waals surface area contributed by atoms with Gasteiger partial charge in [-0.1, -0.05) is 30.3 Å². The van der Waals surface area contributed by atoms with Crippen LogP contribution in [0, 0.1) is 0 Å². The Balaban J connectivity index is 2.26. The molecular formula is C19H25NO3. The maximum absolute atomic E-state index is 5.45. The molecule has 2 aromatic carbocycles. The SMILES string of the molecule is COCCCNCc1cc(OC)c(OC)cc1-c1ccccc1. The lowest BCUT2D eigenvalue weighted by atomic mass is 9.98. The van der Waals surface area contributed by atoms with Crippen LogP contribution in [0.2, 0.25) is 0 Å². The predicted octanol–water partition coefficient (Wildman–Crippen LogP) is 3.50. The van der Waals surface area contributed by atoms with Gasteiger partial charge in [0.2, 0.25) is 0 Å². The van der Waals surface area contributed by atoms with E-state index in [4.69, 9.17) is 14.2 Å². The van der Waals surface area contributed by atoms with E-state index >= 15 is 0 Å². The molecule has 0 aromatic heterocycles. The van der Waals surface area contributed by atoms with Gasteiger partial charge in [-0.05, 0) is 41.8 Å². The van der Waals surface area contributed by atoms with Crippen LogP contribution in [0.4, 0.5) is 0 Å². The molecule has 0 bridgehead atoms. The topological polar surface area (TPSA) is 39.7 Å². The highest BCUT2D eigenvalue weighted by molar-refractivity contribution is 5.71. The standard InChI is InChI=1S/C19H25NO3/c1-21-11-7-10-20-14-16-12-18(22-2)19(23-3)13-17(16)15-8-5-4-6-9-15/h4-6,8-9,12-13,20H,7,10-11,14H2,1-3H3. The molecule has 0 aliphatic rings. The maximum Gasteiger partial charge on any atom is 0.161 e. The molecule has 0 aliphatic carbocycles. The Bertz CT molecular complexity index is 599. The fraction of sp³-hybridized carbons (Fsp3) is 0.368.